The third-order valence-corrected chi connectivity index (χ3v) is 6.61. The van der Waals surface area contributed by atoms with Crippen LogP contribution >= 0.6 is 11.6 Å². The van der Waals surface area contributed by atoms with E-state index in [4.69, 9.17) is 16.3 Å². The van der Waals surface area contributed by atoms with Crippen molar-refractivity contribution < 1.29 is 14.3 Å². The lowest BCUT2D eigenvalue weighted by Crippen LogP contribution is -2.53. The maximum absolute atomic E-state index is 13.4. The zero-order valence-corrected chi connectivity index (χ0v) is 18.7. The Balaban J connectivity index is 1.33. The molecule has 0 bridgehead atoms. The highest BCUT2D eigenvalue weighted by atomic mass is 35.5. The van der Waals surface area contributed by atoms with E-state index < -0.39 is 0 Å². The number of benzene rings is 1. The highest BCUT2D eigenvalue weighted by Crippen LogP contribution is 2.39. The van der Waals surface area contributed by atoms with Gasteiger partial charge in [-0.2, -0.15) is 0 Å². The molecule has 32 heavy (non-hydrogen) atoms. The fourth-order valence-electron chi connectivity index (χ4n) is 4.74. The summed E-state index contributed by atoms with van der Waals surface area (Å²) < 4.78 is 5.45. The third kappa shape index (κ3) is 4.33. The SMILES string of the molecule is O=C(NCc1ccc(Cl)cc1)N1CC2=C3C(=CC(CN4CCOCC4)=CN3C1=O)CCC2. The minimum atomic E-state index is -0.374. The van der Waals surface area contributed by atoms with E-state index in [9.17, 15) is 9.59 Å². The molecule has 4 amide bonds. The molecule has 0 aromatic heterocycles. The fraction of sp³-hybridized carbons (Fsp3) is 0.417. The summed E-state index contributed by atoms with van der Waals surface area (Å²) in [6, 6.07) is 6.65. The molecule has 1 fully saturated rings. The molecule has 168 valence electrons. The first-order valence-electron chi connectivity index (χ1n) is 11.2. The molecule has 1 aromatic carbocycles. The van der Waals surface area contributed by atoms with Crippen LogP contribution in [0, 0.1) is 0 Å². The van der Waals surface area contributed by atoms with Crippen LogP contribution in [-0.2, 0) is 11.3 Å². The topological polar surface area (TPSA) is 65.1 Å². The van der Waals surface area contributed by atoms with E-state index in [0.29, 0.717) is 18.1 Å². The van der Waals surface area contributed by atoms with Crippen LogP contribution in [0.25, 0.3) is 0 Å². The van der Waals surface area contributed by atoms with Gasteiger partial charge in [0.2, 0.25) is 0 Å². The van der Waals surface area contributed by atoms with Gasteiger partial charge in [0.15, 0.2) is 0 Å². The fourth-order valence-corrected chi connectivity index (χ4v) is 4.87. The maximum Gasteiger partial charge on any atom is 0.337 e. The highest BCUT2D eigenvalue weighted by molar-refractivity contribution is 6.30. The van der Waals surface area contributed by atoms with Gasteiger partial charge in [-0.25, -0.2) is 14.5 Å². The van der Waals surface area contributed by atoms with E-state index >= 15 is 0 Å². The molecule has 0 spiro atoms. The number of rotatable bonds is 4. The third-order valence-electron chi connectivity index (χ3n) is 6.36. The van der Waals surface area contributed by atoms with Gasteiger partial charge >= 0.3 is 12.1 Å². The van der Waals surface area contributed by atoms with E-state index in [0.717, 1.165) is 74.5 Å². The summed E-state index contributed by atoms with van der Waals surface area (Å²) >= 11 is 5.93. The maximum atomic E-state index is 13.4. The number of carbonyl (C=O) groups is 2. The van der Waals surface area contributed by atoms with Crippen LogP contribution in [0.15, 0.2) is 59.0 Å². The molecule has 1 saturated heterocycles. The van der Waals surface area contributed by atoms with Gasteiger partial charge in [-0.15, -0.1) is 0 Å². The molecule has 0 atom stereocenters. The summed E-state index contributed by atoms with van der Waals surface area (Å²) in [5.41, 5.74) is 5.41. The monoisotopic (exact) mass is 454 g/mol. The number of hydrogen-bond acceptors (Lipinski definition) is 4. The summed E-state index contributed by atoms with van der Waals surface area (Å²) in [5.74, 6) is 0. The van der Waals surface area contributed by atoms with Crippen molar-refractivity contribution >= 4 is 23.7 Å². The first-order chi connectivity index (χ1) is 15.6. The van der Waals surface area contributed by atoms with Crippen molar-refractivity contribution in [3.63, 3.8) is 0 Å². The van der Waals surface area contributed by atoms with Crippen molar-refractivity contribution in [3.05, 3.63) is 69.5 Å². The lowest BCUT2D eigenvalue weighted by molar-refractivity contribution is 0.0424. The largest absolute Gasteiger partial charge is 0.379 e. The number of allylic oxidation sites excluding steroid dienone is 1. The Morgan fingerprint density at radius 2 is 1.91 bits per heavy atom. The molecule has 0 saturated carbocycles. The molecule has 4 aliphatic rings. The van der Waals surface area contributed by atoms with E-state index in [1.165, 1.54) is 10.5 Å². The van der Waals surface area contributed by atoms with Crippen molar-refractivity contribution in [2.24, 2.45) is 0 Å². The number of urea groups is 2. The number of halogens is 1. The second kappa shape index (κ2) is 9.10. The molecule has 3 aliphatic heterocycles. The normalized spacial score (nSPS) is 21.2. The zero-order valence-electron chi connectivity index (χ0n) is 18.0. The first-order valence-corrected chi connectivity index (χ1v) is 11.5. The number of ether oxygens (including phenoxy) is 1. The highest BCUT2D eigenvalue weighted by Gasteiger charge is 2.39. The van der Waals surface area contributed by atoms with E-state index in [1.807, 2.05) is 18.3 Å². The molecule has 3 heterocycles. The molecule has 1 aliphatic carbocycles. The average Bonchev–Trinajstić information content (AvgIpc) is 2.81. The van der Waals surface area contributed by atoms with Gasteiger partial charge in [0, 0.05) is 37.4 Å². The molecular weight excluding hydrogens is 428 g/mol. The summed E-state index contributed by atoms with van der Waals surface area (Å²) in [5, 5.41) is 3.53. The molecule has 0 radical (unpaired) electrons. The van der Waals surface area contributed by atoms with Crippen LogP contribution in [0.1, 0.15) is 24.8 Å². The average molecular weight is 455 g/mol. The second-order valence-electron chi connectivity index (χ2n) is 8.59. The molecule has 5 rings (SSSR count). The van der Waals surface area contributed by atoms with Gasteiger partial charge in [-0.05, 0) is 53.7 Å². The van der Waals surface area contributed by atoms with Crippen LogP contribution in [0.2, 0.25) is 5.02 Å². The Hall–Kier alpha value is -2.61. The molecule has 1 N–H and O–H groups in total. The summed E-state index contributed by atoms with van der Waals surface area (Å²) in [4.78, 5) is 31.7. The Morgan fingerprint density at radius 1 is 1.12 bits per heavy atom. The van der Waals surface area contributed by atoms with E-state index in [2.05, 4.69) is 16.3 Å². The minimum absolute atomic E-state index is 0.288. The summed E-state index contributed by atoms with van der Waals surface area (Å²) in [6.45, 7) is 4.73. The van der Waals surface area contributed by atoms with Gasteiger partial charge in [0.1, 0.15) is 0 Å². The quantitative estimate of drug-likeness (QED) is 0.749. The molecular formula is C24H27ClN4O3. The van der Waals surface area contributed by atoms with Crippen LogP contribution < -0.4 is 5.32 Å². The van der Waals surface area contributed by atoms with Crippen LogP contribution in [0.3, 0.4) is 0 Å². The standard InChI is InChI=1S/C24H27ClN4O3/c25-21-6-4-17(5-7-21)13-26-23(30)29-16-20-3-1-2-19-12-18(14-27-8-10-32-11-9-27)15-28(22(19)20)24(29)31/h4-7,12,15H,1-3,8-11,13-14,16H2,(H,26,30). The van der Waals surface area contributed by atoms with Crippen LogP contribution in [0.5, 0.6) is 0 Å². The molecule has 0 unspecified atom stereocenters. The summed E-state index contributed by atoms with van der Waals surface area (Å²) in [7, 11) is 0. The van der Waals surface area contributed by atoms with E-state index in [1.54, 1.807) is 17.0 Å². The minimum Gasteiger partial charge on any atom is -0.379 e. The Labute approximate surface area is 192 Å². The number of hydrogen-bond donors (Lipinski definition) is 1. The van der Waals surface area contributed by atoms with Crippen molar-refractivity contribution in [3.8, 4) is 0 Å². The zero-order chi connectivity index (χ0) is 22.1. The number of nitrogens with zero attached hydrogens (tertiary/aromatic N) is 3. The Morgan fingerprint density at radius 3 is 2.69 bits per heavy atom. The van der Waals surface area contributed by atoms with E-state index in [-0.39, 0.29) is 12.1 Å². The van der Waals surface area contributed by atoms with Crippen molar-refractivity contribution in [1.82, 2.24) is 20.0 Å². The van der Waals surface area contributed by atoms with Crippen LogP contribution in [-0.4, -0.2) is 66.2 Å². The number of imide groups is 1. The predicted octanol–water partition coefficient (Wildman–Crippen LogP) is 3.88. The van der Waals surface area contributed by atoms with Gasteiger partial charge < -0.3 is 10.1 Å². The number of morpholine rings is 1. The van der Waals surface area contributed by atoms with Crippen molar-refractivity contribution in [2.45, 2.75) is 25.8 Å². The van der Waals surface area contributed by atoms with Gasteiger partial charge in [-0.3, -0.25) is 9.80 Å². The predicted molar refractivity (Wildman–Crippen MR) is 122 cm³/mol. The molecule has 1 aromatic rings. The van der Waals surface area contributed by atoms with Crippen molar-refractivity contribution in [2.75, 3.05) is 39.4 Å². The molecule has 8 heteroatoms. The number of nitrogens with one attached hydrogen (secondary N) is 1. The Bertz CT molecular complexity index is 1010. The summed E-state index contributed by atoms with van der Waals surface area (Å²) in [6.07, 6.45) is 7.07. The smallest absolute Gasteiger partial charge is 0.337 e. The van der Waals surface area contributed by atoms with Crippen molar-refractivity contribution in [1.29, 1.82) is 0 Å². The lowest BCUT2D eigenvalue weighted by atomic mass is 9.86. The lowest BCUT2D eigenvalue weighted by Gasteiger charge is -2.41. The Kier molecular flexibility index (Phi) is 6.04. The second-order valence-corrected chi connectivity index (χ2v) is 9.03. The first kappa shape index (κ1) is 21.2. The van der Waals surface area contributed by atoms with Crippen LogP contribution in [0.4, 0.5) is 9.59 Å². The number of amides is 4. The van der Waals surface area contributed by atoms with Gasteiger partial charge in [-0.1, -0.05) is 29.8 Å². The number of carbonyl (C=O) groups excluding carboxylic acids is 2. The molecule has 7 nitrogen and oxygen atoms in total. The van der Waals surface area contributed by atoms with Gasteiger partial charge in [0.25, 0.3) is 0 Å². The van der Waals surface area contributed by atoms with Gasteiger partial charge in [0.05, 0.1) is 25.5 Å².